The molecular formula is C25H18ClF4I2N3O2. The molecule has 0 fully saturated rings. The van der Waals surface area contributed by atoms with Gasteiger partial charge in [-0.05, 0) is 81.9 Å². The van der Waals surface area contributed by atoms with Gasteiger partial charge in [-0.15, -0.1) is 0 Å². The van der Waals surface area contributed by atoms with Crippen molar-refractivity contribution < 1.29 is 27.2 Å². The van der Waals surface area contributed by atoms with Crippen LogP contribution in [-0.2, 0) is 22.7 Å². The van der Waals surface area contributed by atoms with Crippen molar-refractivity contribution in [1.29, 1.82) is 0 Å². The maximum Gasteiger partial charge on any atom is 0.273 e. The Morgan fingerprint density at radius 1 is 1.05 bits per heavy atom. The van der Waals surface area contributed by atoms with Gasteiger partial charge in [-0.2, -0.15) is 0 Å². The number of benzene rings is 3. The monoisotopic (exact) mass is 757 g/mol. The van der Waals surface area contributed by atoms with Crippen LogP contribution in [0.1, 0.15) is 16.7 Å². The predicted molar refractivity (Wildman–Crippen MR) is 150 cm³/mol. The van der Waals surface area contributed by atoms with E-state index in [4.69, 9.17) is 11.6 Å². The second kappa shape index (κ2) is 10.6. The number of carbonyl (C=O) groups is 2. The molecule has 3 aromatic rings. The molecule has 1 aliphatic rings. The van der Waals surface area contributed by atoms with Gasteiger partial charge in [-0.3, -0.25) is 9.59 Å². The first-order valence-electron chi connectivity index (χ1n) is 10.8. The molecule has 5 nitrogen and oxygen atoms in total. The van der Waals surface area contributed by atoms with Gasteiger partial charge in [0.1, 0.15) is 23.3 Å². The fraction of sp³-hybridized carbons (Fsp3) is 0.200. The molecule has 0 saturated heterocycles. The zero-order chi connectivity index (χ0) is 27.2. The molecule has 2 amide bonds. The molecule has 0 saturated carbocycles. The largest absolute Gasteiger partial charge is 0.349 e. The number of rotatable bonds is 5. The zero-order valence-electron chi connectivity index (χ0n) is 19.3. The number of fused-ring (bicyclic) bond motifs is 1. The Labute approximate surface area is 242 Å². The van der Waals surface area contributed by atoms with E-state index in [2.05, 4.69) is 27.9 Å². The number of likely N-dealkylation sites (N-methyl/N-ethyl adjacent to an activating group) is 1. The van der Waals surface area contributed by atoms with Crippen molar-refractivity contribution in [1.82, 2.24) is 5.32 Å². The normalized spacial score (nSPS) is 17.2. The molecule has 1 aliphatic heterocycles. The van der Waals surface area contributed by atoms with Gasteiger partial charge in [-0.25, -0.2) is 17.6 Å². The number of anilines is 2. The van der Waals surface area contributed by atoms with Crippen molar-refractivity contribution in [2.24, 2.45) is 0 Å². The smallest absolute Gasteiger partial charge is 0.273 e. The lowest BCUT2D eigenvalue weighted by atomic mass is 10.0. The number of nitrogens with one attached hydrogen (secondary N) is 1. The fourth-order valence-electron chi connectivity index (χ4n) is 4.13. The minimum atomic E-state index is -1.91. The summed E-state index contributed by atoms with van der Waals surface area (Å²) in [5, 5.41) is 2.51. The summed E-state index contributed by atoms with van der Waals surface area (Å²) in [5.74, 6) is -5.62. The molecule has 3 aromatic carbocycles. The summed E-state index contributed by atoms with van der Waals surface area (Å²) in [5.41, 5.74) is 1.24. The van der Waals surface area contributed by atoms with Gasteiger partial charge < -0.3 is 15.1 Å². The average Bonchev–Trinajstić information content (AvgIpc) is 2.83. The summed E-state index contributed by atoms with van der Waals surface area (Å²) in [6.45, 7) is 0.920. The third kappa shape index (κ3) is 4.89. The predicted octanol–water partition coefficient (Wildman–Crippen LogP) is 6.24. The molecule has 0 aliphatic carbocycles. The van der Waals surface area contributed by atoms with Gasteiger partial charge in [0.05, 0.1) is 17.9 Å². The summed E-state index contributed by atoms with van der Waals surface area (Å²) in [6, 6.07) is 8.71. The molecule has 194 valence electrons. The Bertz CT molecular complexity index is 1400. The number of amides is 2. The summed E-state index contributed by atoms with van der Waals surface area (Å²) < 4.78 is 55.2. The SMILES string of the molecule is Cc1c(I)ccc2c1N(Cc1c(F)cccc1Cl)C(=O)C(I)(C(=O)NCc1c(F)cc(F)cc1F)N2C. The highest BCUT2D eigenvalue weighted by atomic mass is 127. The first-order chi connectivity index (χ1) is 17.4. The number of alkyl halides is 1. The van der Waals surface area contributed by atoms with E-state index in [0.29, 0.717) is 23.5 Å². The van der Waals surface area contributed by atoms with E-state index in [1.54, 1.807) is 42.6 Å². The highest BCUT2D eigenvalue weighted by Gasteiger charge is 2.54. The molecule has 1 N–H and O–H groups in total. The maximum absolute atomic E-state index is 14.7. The third-order valence-electron chi connectivity index (χ3n) is 6.18. The van der Waals surface area contributed by atoms with E-state index in [9.17, 15) is 27.2 Å². The Kier molecular flexibility index (Phi) is 7.96. The lowest BCUT2D eigenvalue weighted by Crippen LogP contribution is -2.65. The summed E-state index contributed by atoms with van der Waals surface area (Å²) >= 11 is 10.0. The van der Waals surface area contributed by atoms with Crippen LogP contribution < -0.4 is 15.1 Å². The van der Waals surface area contributed by atoms with Crippen LogP contribution in [0.2, 0.25) is 5.02 Å². The van der Waals surface area contributed by atoms with Crippen molar-refractivity contribution in [3.05, 3.63) is 91.0 Å². The van der Waals surface area contributed by atoms with Crippen LogP contribution in [-0.4, -0.2) is 22.4 Å². The minimum absolute atomic E-state index is 0.0703. The number of carbonyl (C=O) groups excluding carboxylic acids is 2. The maximum atomic E-state index is 14.7. The van der Waals surface area contributed by atoms with E-state index in [-0.39, 0.29) is 17.1 Å². The molecule has 0 radical (unpaired) electrons. The van der Waals surface area contributed by atoms with Crippen LogP contribution in [0.5, 0.6) is 0 Å². The molecule has 1 atom stereocenters. The summed E-state index contributed by atoms with van der Waals surface area (Å²) in [6.07, 6.45) is 0. The van der Waals surface area contributed by atoms with Gasteiger partial charge in [-0.1, -0.05) is 17.7 Å². The van der Waals surface area contributed by atoms with Gasteiger partial charge in [0, 0.05) is 45.4 Å². The number of nitrogens with zero attached hydrogens (tertiary/aromatic N) is 2. The number of halogens is 7. The number of hydrogen-bond donors (Lipinski definition) is 1. The van der Waals surface area contributed by atoms with Gasteiger partial charge in [0.25, 0.3) is 11.8 Å². The molecule has 4 rings (SSSR count). The van der Waals surface area contributed by atoms with Gasteiger partial charge in [0.2, 0.25) is 3.55 Å². The zero-order valence-corrected chi connectivity index (χ0v) is 24.4. The molecule has 1 heterocycles. The van der Waals surface area contributed by atoms with Crippen molar-refractivity contribution in [2.75, 3.05) is 16.8 Å². The van der Waals surface area contributed by atoms with Gasteiger partial charge >= 0.3 is 0 Å². The molecular weight excluding hydrogens is 740 g/mol. The van der Waals surface area contributed by atoms with Crippen LogP contribution in [0.25, 0.3) is 0 Å². The van der Waals surface area contributed by atoms with E-state index >= 15 is 0 Å². The standard InChI is InChI=1S/C25H18ClF4I2N3O2/c1-12-20(31)6-7-21-22(12)35(11-15-16(26)4-3-5-17(15)28)24(37)25(32,34(21)2)23(36)33-10-14-18(29)8-13(27)9-19(14)30/h3-9H,10-11H2,1-2H3,(H,33,36). The number of hydrogen-bond acceptors (Lipinski definition) is 3. The van der Waals surface area contributed by atoms with E-state index < -0.39 is 50.7 Å². The van der Waals surface area contributed by atoms with Crippen LogP contribution in [0.3, 0.4) is 0 Å². The molecule has 37 heavy (non-hydrogen) atoms. The van der Waals surface area contributed by atoms with Crippen molar-refractivity contribution in [2.45, 2.75) is 23.6 Å². The highest BCUT2D eigenvalue weighted by Crippen LogP contribution is 2.46. The molecule has 0 aromatic heterocycles. The van der Waals surface area contributed by atoms with Crippen LogP contribution in [0.4, 0.5) is 28.9 Å². The Hall–Kier alpha value is -2.13. The second-order valence-electron chi connectivity index (χ2n) is 8.34. The lowest BCUT2D eigenvalue weighted by Gasteiger charge is -2.46. The van der Waals surface area contributed by atoms with Crippen molar-refractivity contribution in [3.63, 3.8) is 0 Å². The molecule has 12 heteroatoms. The van der Waals surface area contributed by atoms with E-state index in [1.807, 2.05) is 6.07 Å². The first-order valence-corrected chi connectivity index (χ1v) is 13.3. The van der Waals surface area contributed by atoms with Crippen LogP contribution in [0, 0.1) is 33.8 Å². The molecule has 1 unspecified atom stereocenters. The molecule has 0 bridgehead atoms. The van der Waals surface area contributed by atoms with Crippen molar-refractivity contribution >= 4 is 80.0 Å². The highest BCUT2D eigenvalue weighted by molar-refractivity contribution is 14.1. The van der Waals surface area contributed by atoms with E-state index in [0.717, 1.165) is 9.13 Å². The van der Waals surface area contributed by atoms with Crippen LogP contribution in [0.15, 0.2) is 42.5 Å². The topological polar surface area (TPSA) is 52.7 Å². The summed E-state index contributed by atoms with van der Waals surface area (Å²) in [7, 11) is 1.54. The summed E-state index contributed by atoms with van der Waals surface area (Å²) in [4.78, 5) is 30.2. The minimum Gasteiger partial charge on any atom is -0.349 e. The Morgan fingerprint density at radius 3 is 2.32 bits per heavy atom. The van der Waals surface area contributed by atoms with Crippen LogP contribution >= 0.6 is 56.8 Å². The fourth-order valence-corrected chi connectivity index (χ4v) is 5.53. The van der Waals surface area contributed by atoms with Gasteiger partial charge in [0.15, 0.2) is 0 Å². The first kappa shape index (κ1) is 27.9. The lowest BCUT2D eigenvalue weighted by molar-refractivity contribution is -0.131. The second-order valence-corrected chi connectivity index (χ2v) is 11.5. The van der Waals surface area contributed by atoms with E-state index in [1.165, 1.54) is 28.0 Å². The average molecular weight is 758 g/mol. The Balaban J connectivity index is 1.77. The quantitative estimate of drug-likeness (QED) is 0.110. The van der Waals surface area contributed by atoms with Crippen molar-refractivity contribution in [3.8, 4) is 0 Å². The Morgan fingerprint density at radius 2 is 1.70 bits per heavy atom. The molecule has 0 spiro atoms. The third-order valence-corrected chi connectivity index (χ3v) is 9.37.